The summed E-state index contributed by atoms with van der Waals surface area (Å²) in [4.78, 5) is 4.61. The normalized spacial score (nSPS) is 20.0. The van der Waals surface area contributed by atoms with E-state index in [9.17, 15) is 0 Å². The van der Waals surface area contributed by atoms with Gasteiger partial charge in [-0.1, -0.05) is 31.7 Å². The van der Waals surface area contributed by atoms with E-state index in [4.69, 9.17) is 12.3 Å². The molecule has 0 bridgehead atoms. The molecule has 1 fully saturated rings. The van der Waals surface area contributed by atoms with Crippen LogP contribution in [0.1, 0.15) is 55.5 Å². The number of furan rings is 1. The number of aromatic nitrogens is 2. The number of nitrogens with zero attached hydrogens (tertiary/aromatic N) is 2. The van der Waals surface area contributed by atoms with Crippen molar-refractivity contribution < 1.29 is 8.98 Å². The van der Waals surface area contributed by atoms with Gasteiger partial charge in [0.05, 0.1) is 13.4 Å². The molecule has 6 rings (SSSR count). The van der Waals surface area contributed by atoms with E-state index in [1.54, 1.807) is 0 Å². The Morgan fingerprint density at radius 2 is 1.89 bits per heavy atom. The van der Waals surface area contributed by atoms with Gasteiger partial charge in [-0.25, -0.2) is 4.98 Å². The van der Waals surface area contributed by atoms with Gasteiger partial charge in [0.2, 0.25) is 11.4 Å². The van der Waals surface area contributed by atoms with Gasteiger partial charge in [-0.2, -0.15) is 4.57 Å². The van der Waals surface area contributed by atoms with E-state index < -0.39 is 0 Å². The lowest BCUT2D eigenvalue weighted by molar-refractivity contribution is -0.694. The van der Waals surface area contributed by atoms with Crippen molar-refractivity contribution in [3.63, 3.8) is 0 Å². The quantitative estimate of drug-likeness (QED) is 0.347. The molecule has 1 atom stereocenters. The molecule has 4 aromatic rings. The van der Waals surface area contributed by atoms with Crippen molar-refractivity contribution in [3.8, 4) is 11.3 Å². The van der Waals surface area contributed by atoms with Crippen LogP contribution in [-0.4, -0.2) is 12.8 Å². The van der Waals surface area contributed by atoms with Crippen LogP contribution in [0.5, 0.6) is 0 Å². The molecule has 4 heteroatoms. The summed E-state index contributed by atoms with van der Waals surface area (Å²) in [5, 5.41) is 2.02. The lowest BCUT2D eigenvalue weighted by atomic mass is 9.63. The van der Waals surface area contributed by atoms with E-state index in [0.717, 1.165) is 40.6 Å². The average Bonchev–Trinajstić information content (AvgIpc) is 3.36. The van der Waals surface area contributed by atoms with Crippen LogP contribution in [0.25, 0.3) is 33.3 Å². The number of rotatable bonds is 1. The molecule has 1 aliphatic heterocycles. The fourth-order valence-corrected chi connectivity index (χ4v) is 5.24. The zero-order valence-corrected chi connectivity index (χ0v) is 16.3. The first kappa shape index (κ1) is 16.3. The lowest BCUT2D eigenvalue weighted by Crippen LogP contribution is -2.37. The summed E-state index contributed by atoms with van der Waals surface area (Å²) in [7, 11) is 6.78. The topological polar surface area (TPSA) is 29.9 Å². The maximum atomic E-state index is 6.78. The SMILES string of the molecule is [B]C1(c2cc[n+]3c(c2)-c2c(ccc4c2oc2nc(C)ccc24)C3C)CCCC1. The predicted octanol–water partition coefficient (Wildman–Crippen LogP) is 5.10. The number of aryl methyl sites for hydroxylation is 1. The van der Waals surface area contributed by atoms with Crippen LogP contribution < -0.4 is 4.57 Å². The molecule has 136 valence electrons. The molecule has 1 saturated carbocycles. The second kappa shape index (κ2) is 5.47. The first-order chi connectivity index (χ1) is 13.5. The Hall–Kier alpha value is -2.62. The van der Waals surface area contributed by atoms with Gasteiger partial charge >= 0.3 is 0 Å². The van der Waals surface area contributed by atoms with Crippen LogP contribution in [0, 0.1) is 6.92 Å². The summed E-state index contributed by atoms with van der Waals surface area (Å²) in [6.07, 6.45) is 6.77. The Bertz CT molecular complexity index is 1270. The smallest absolute Gasteiger partial charge is 0.227 e. The number of fused-ring (bicyclic) bond motifs is 7. The lowest BCUT2D eigenvalue weighted by Gasteiger charge is -2.24. The fraction of sp³-hybridized carbons (Fsp3) is 0.333. The monoisotopic (exact) mass is 365 g/mol. The number of pyridine rings is 2. The highest BCUT2D eigenvalue weighted by Gasteiger charge is 2.39. The van der Waals surface area contributed by atoms with Gasteiger partial charge in [0, 0.05) is 41.1 Å². The first-order valence-corrected chi connectivity index (χ1v) is 10.2. The second-order valence-corrected chi connectivity index (χ2v) is 8.56. The van der Waals surface area contributed by atoms with Crippen LogP contribution in [-0.2, 0) is 5.31 Å². The standard InChI is InChI=1S/C24H22BN2O/c1-14-5-6-19-18-8-7-17-15(2)27-12-9-16(24(25)10-3-4-11-24)13-20(27)21(17)22(18)28-23(19)26-14/h5-9,12-13,15H,3-4,10-11H2,1-2H3/q+1. The summed E-state index contributed by atoms with van der Waals surface area (Å²) in [5.41, 5.74) is 7.59. The van der Waals surface area contributed by atoms with E-state index in [1.807, 2.05) is 13.0 Å². The molecule has 1 aromatic carbocycles. The Morgan fingerprint density at radius 3 is 2.71 bits per heavy atom. The maximum absolute atomic E-state index is 6.78. The van der Waals surface area contributed by atoms with Crippen LogP contribution in [0.15, 0.2) is 47.0 Å². The Kier molecular flexibility index (Phi) is 3.19. The third kappa shape index (κ3) is 2.06. The van der Waals surface area contributed by atoms with Crippen LogP contribution >= 0.6 is 0 Å². The predicted molar refractivity (Wildman–Crippen MR) is 112 cm³/mol. The van der Waals surface area contributed by atoms with E-state index in [1.165, 1.54) is 35.2 Å². The fourth-order valence-electron chi connectivity index (χ4n) is 5.24. The minimum Gasteiger partial charge on any atom is -0.437 e. The molecule has 2 radical (unpaired) electrons. The molecular weight excluding hydrogens is 343 g/mol. The molecular formula is C24H22BN2O+. The summed E-state index contributed by atoms with van der Waals surface area (Å²) in [5.74, 6) is 0. The average molecular weight is 365 g/mol. The second-order valence-electron chi connectivity index (χ2n) is 8.56. The molecule has 2 aliphatic rings. The van der Waals surface area contributed by atoms with E-state index in [0.29, 0.717) is 0 Å². The minimum atomic E-state index is -0.192. The zero-order chi connectivity index (χ0) is 19.0. The molecule has 1 aliphatic carbocycles. The highest BCUT2D eigenvalue weighted by Crippen LogP contribution is 2.44. The number of benzene rings is 1. The molecule has 0 amide bonds. The van der Waals surface area contributed by atoms with Crippen molar-refractivity contribution in [1.82, 2.24) is 4.98 Å². The number of hydrogen-bond donors (Lipinski definition) is 0. The van der Waals surface area contributed by atoms with Gasteiger partial charge in [0.15, 0.2) is 17.8 Å². The summed E-state index contributed by atoms with van der Waals surface area (Å²) < 4.78 is 8.66. The first-order valence-electron chi connectivity index (χ1n) is 10.2. The van der Waals surface area contributed by atoms with Crippen LogP contribution in [0.2, 0.25) is 0 Å². The Balaban J connectivity index is 1.65. The molecule has 0 spiro atoms. The van der Waals surface area contributed by atoms with Gasteiger partial charge in [-0.05, 0) is 36.0 Å². The van der Waals surface area contributed by atoms with Crippen molar-refractivity contribution in [2.75, 3.05) is 0 Å². The van der Waals surface area contributed by atoms with Gasteiger partial charge < -0.3 is 4.42 Å². The van der Waals surface area contributed by atoms with Crippen LogP contribution in [0.3, 0.4) is 0 Å². The third-order valence-corrected chi connectivity index (χ3v) is 6.86. The molecule has 0 N–H and O–H groups in total. The van der Waals surface area contributed by atoms with Crippen molar-refractivity contribution in [2.24, 2.45) is 0 Å². The summed E-state index contributed by atoms with van der Waals surface area (Å²) in [6, 6.07) is 13.4. The van der Waals surface area contributed by atoms with Crippen molar-refractivity contribution in [1.29, 1.82) is 0 Å². The summed E-state index contributed by atoms with van der Waals surface area (Å²) >= 11 is 0. The molecule has 28 heavy (non-hydrogen) atoms. The minimum absolute atomic E-state index is 0.192. The van der Waals surface area contributed by atoms with Gasteiger partial charge in [-0.3, -0.25) is 0 Å². The number of hydrogen-bond acceptors (Lipinski definition) is 2. The Labute approximate surface area is 165 Å². The third-order valence-electron chi connectivity index (χ3n) is 6.86. The Morgan fingerprint density at radius 1 is 1.11 bits per heavy atom. The van der Waals surface area contributed by atoms with E-state index in [2.05, 4.69) is 53.0 Å². The maximum Gasteiger partial charge on any atom is 0.227 e. The van der Waals surface area contributed by atoms with Crippen molar-refractivity contribution in [3.05, 3.63) is 59.4 Å². The highest BCUT2D eigenvalue weighted by molar-refractivity contribution is 6.16. The molecule has 0 saturated heterocycles. The highest BCUT2D eigenvalue weighted by atomic mass is 16.3. The van der Waals surface area contributed by atoms with E-state index in [-0.39, 0.29) is 11.4 Å². The molecule has 1 unspecified atom stereocenters. The van der Waals surface area contributed by atoms with Crippen LogP contribution in [0.4, 0.5) is 0 Å². The summed E-state index contributed by atoms with van der Waals surface area (Å²) in [6.45, 7) is 4.25. The van der Waals surface area contributed by atoms with E-state index >= 15 is 0 Å². The zero-order valence-electron chi connectivity index (χ0n) is 16.3. The van der Waals surface area contributed by atoms with Crippen molar-refractivity contribution >= 4 is 29.9 Å². The molecule has 3 aromatic heterocycles. The van der Waals surface area contributed by atoms with Crippen molar-refractivity contribution in [2.45, 2.75) is 50.9 Å². The van der Waals surface area contributed by atoms with Gasteiger partial charge in [-0.15, -0.1) is 0 Å². The van der Waals surface area contributed by atoms with Gasteiger partial charge in [0.25, 0.3) is 0 Å². The molecule has 4 heterocycles. The van der Waals surface area contributed by atoms with Gasteiger partial charge in [0.1, 0.15) is 0 Å². The molecule has 3 nitrogen and oxygen atoms in total. The largest absolute Gasteiger partial charge is 0.437 e.